The Morgan fingerprint density at radius 2 is 1.60 bits per heavy atom. The van der Waals surface area contributed by atoms with Crippen molar-refractivity contribution >= 4 is 23.0 Å². The SMILES string of the molecule is C[C@@H]1CN(c2ccc(C(F)(F)F)cc2)[C@@H](C)CN1C(=O)CO[C@H]1CC[C@H](Nc2ccc([N+](=O)[O-])c(C(F)(F)F)c2)CC1. The number of nitro benzene ring substituents is 1. The van der Waals surface area contributed by atoms with E-state index in [4.69, 9.17) is 4.74 Å². The first-order valence-corrected chi connectivity index (χ1v) is 13.6. The van der Waals surface area contributed by atoms with Crippen molar-refractivity contribution in [1.29, 1.82) is 0 Å². The number of carbonyl (C=O) groups excluding carboxylic acids is 1. The Morgan fingerprint density at radius 3 is 2.17 bits per heavy atom. The average molecular weight is 603 g/mol. The topological polar surface area (TPSA) is 88.0 Å². The number of amides is 1. The van der Waals surface area contributed by atoms with Gasteiger partial charge in [0.05, 0.1) is 16.6 Å². The summed E-state index contributed by atoms with van der Waals surface area (Å²) in [5.41, 5.74) is -2.23. The molecule has 2 aromatic rings. The summed E-state index contributed by atoms with van der Waals surface area (Å²) >= 11 is 0. The zero-order valence-electron chi connectivity index (χ0n) is 23.0. The molecule has 1 aliphatic carbocycles. The highest BCUT2D eigenvalue weighted by molar-refractivity contribution is 5.78. The largest absolute Gasteiger partial charge is 0.423 e. The third-order valence-electron chi connectivity index (χ3n) is 7.82. The van der Waals surface area contributed by atoms with Crippen molar-refractivity contribution in [2.45, 2.75) is 76.1 Å². The number of benzene rings is 2. The molecule has 1 heterocycles. The van der Waals surface area contributed by atoms with E-state index in [1.807, 2.05) is 18.7 Å². The van der Waals surface area contributed by atoms with Crippen LogP contribution in [0.1, 0.15) is 50.7 Å². The van der Waals surface area contributed by atoms with Gasteiger partial charge in [-0.3, -0.25) is 14.9 Å². The van der Waals surface area contributed by atoms with Crippen LogP contribution < -0.4 is 10.2 Å². The molecule has 14 heteroatoms. The van der Waals surface area contributed by atoms with Crippen LogP contribution in [0.5, 0.6) is 0 Å². The molecule has 2 aliphatic rings. The normalized spacial score (nSPS) is 23.5. The number of carbonyl (C=O) groups is 1. The summed E-state index contributed by atoms with van der Waals surface area (Å²) in [6.45, 7) is 4.49. The van der Waals surface area contributed by atoms with Crippen LogP contribution in [0.25, 0.3) is 0 Å². The van der Waals surface area contributed by atoms with E-state index in [9.17, 15) is 41.3 Å². The zero-order chi connectivity index (χ0) is 30.8. The molecular weight excluding hydrogens is 570 g/mol. The molecule has 2 fully saturated rings. The van der Waals surface area contributed by atoms with Gasteiger partial charge in [-0.25, -0.2) is 0 Å². The highest BCUT2D eigenvalue weighted by atomic mass is 19.4. The first-order chi connectivity index (χ1) is 19.6. The van der Waals surface area contributed by atoms with Crippen molar-refractivity contribution in [2.24, 2.45) is 0 Å². The summed E-state index contributed by atoms with van der Waals surface area (Å²) in [6.07, 6.45) is -7.15. The minimum atomic E-state index is -4.86. The zero-order valence-corrected chi connectivity index (χ0v) is 23.0. The van der Waals surface area contributed by atoms with Gasteiger partial charge in [-0.2, -0.15) is 26.3 Å². The molecule has 1 saturated carbocycles. The minimum absolute atomic E-state index is 0.124. The van der Waals surface area contributed by atoms with Gasteiger partial charge >= 0.3 is 12.4 Å². The Balaban J connectivity index is 1.25. The number of piperazine rings is 1. The van der Waals surface area contributed by atoms with Gasteiger partial charge in [0.25, 0.3) is 5.69 Å². The van der Waals surface area contributed by atoms with Gasteiger partial charge in [0.15, 0.2) is 0 Å². The fourth-order valence-electron chi connectivity index (χ4n) is 5.57. The lowest BCUT2D eigenvalue weighted by molar-refractivity contribution is -0.388. The molecule has 0 aromatic heterocycles. The maximum Gasteiger partial charge on any atom is 0.423 e. The van der Waals surface area contributed by atoms with Crippen molar-refractivity contribution < 1.29 is 40.8 Å². The molecule has 230 valence electrons. The monoisotopic (exact) mass is 602 g/mol. The molecular formula is C28H32F6N4O4. The van der Waals surface area contributed by atoms with Gasteiger partial charge in [-0.05, 0) is 75.9 Å². The first-order valence-electron chi connectivity index (χ1n) is 13.6. The molecule has 0 bridgehead atoms. The molecule has 1 saturated heterocycles. The Hall–Kier alpha value is -3.55. The van der Waals surface area contributed by atoms with Crippen molar-refractivity contribution in [1.82, 2.24) is 4.90 Å². The van der Waals surface area contributed by atoms with Crippen LogP contribution in [0, 0.1) is 10.1 Å². The van der Waals surface area contributed by atoms with Gasteiger partial charge in [0.2, 0.25) is 5.91 Å². The van der Waals surface area contributed by atoms with Gasteiger partial charge in [-0.15, -0.1) is 0 Å². The molecule has 0 spiro atoms. The second-order valence-electron chi connectivity index (χ2n) is 10.9. The third-order valence-corrected chi connectivity index (χ3v) is 7.82. The number of anilines is 2. The number of rotatable bonds is 7. The number of halogens is 6. The Morgan fingerprint density at radius 1 is 0.952 bits per heavy atom. The van der Waals surface area contributed by atoms with Crippen molar-refractivity contribution in [3.63, 3.8) is 0 Å². The fourth-order valence-corrected chi connectivity index (χ4v) is 5.57. The molecule has 1 amide bonds. The Kier molecular flexibility index (Phi) is 9.24. The van der Waals surface area contributed by atoms with Crippen molar-refractivity contribution in [2.75, 3.05) is 29.9 Å². The summed E-state index contributed by atoms with van der Waals surface area (Å²) < 4.78 is 84.5. The lowest BCUT2D eigenvalue weighted by atomic mass is 9.92. The predicted octanol–water partition coefficient (Wildman–Crippen LogP) is 6.50. The predicted molar refractivity (Wildman–Crippen MR) is 143 cm³/mol. The number of hydrogen-bond acceptors (Lipinski definition) is 6. The van der Waals surface area contributed by atoms with E-state index in [-0.39, 0.29) is 42.4 Å². The van der Waals surface area contributed by atoms with Gasteiger partial charge in [-0.1, -0.05) is 0 Å². The first kappa shape index (κ1) is 31.4. The molecule has 8 nitrogen and oxygen atoms in total. The molecule has 4 rings (SSSR count). The van der Waals surface area contributed by atoms with Crippen LogP contribution in [0.3, 0.4) is 0 Å². The van der Waals surface area contributed by atoms with Crippen molar-refractivity contribution in [3.8, 4) is 0 Å². The van der Waals surface area contributed by atoms with Gasteiger partial charge in [0, 0.05) is 48.7 Å². The van der Waals surface area contributed by atoms with E-state index in [2.05, 4.69) is 5.32 Å². The van der Waals surface area contributed by atoms with Crippen LogP contribution in [-0.2, 0) is 21.9 Å². The number of hydrogen-bond donors (Lipinski definition) is 1. The molecule has 0 unspecified atom stereocenters. The molecule has 0 radical (unpaired) electrons. The van der Waals surface area contributed by atoms with E-state index in [0.717, 1.165) is 24.3 Å². The summed E-state index contributed by atoms with van der Waals surface area (Å²) in [5.74, 6) is -0.188. The number of nitrogens with one attached hydrogen (secondary N) is 1. The second-order valence-corrected chi connectivity index (χ2v) is 10.9. The number of ether oxygens (including phenoxy) is 1. The van der Waals surface area contributed by atoms with Gasteiger partial charge < -0.3 is 19.9 Å². The highest BCUT2D eigenvalue weighted by Crippen LogP contribution is 2.38. The molecule has 42 heavy (non-hydrogen) atoms. The van der Waals surface area contributed by atoms with E-state index < -0.39 is 34.1 Å². The maximum absolute atomic E-state index is 13.3. The molecule has 2 aromatic carbocycles. The standard InChI is InChI=1S/C28H32F6N4O4/c1-17-15-37(18(2)14-36(17)22-8-3-19(4-9-22)27(29,30)31)26(39)16-42-23-10-5-20(6-11-23)35-21-7-12-25(38(40)41)24(13-21)28(32,33)34/h3-4,7-9,12-13,17-18,20,23,35H,5-6,10-11,14-16H2,1-2H3/t17-,18+,20-,23-/m0/s1. The van der Waals surface area contributed by atoms with E-state index >= 15 is 0 Å². The van der Waals surface area contributed by atoms with E-state index in [1.165, 1.54) is 18.2 Å². The number of nitro groups is 1. The Labute approximate surface area is 238 Å². The minimum Gasteiger partial charge on any atom is -0.382 e. The smallest absolute Gasteiger partial charge is 0.382 e. The average Bonchev–Trinajstić information content (AvgIpc) is 2.92. The van der Waals surface area contributed by atoms with Crippen LogP contribution in [-0.4, -0.2) is 59.7 Å². The fraction of sp³-hybridized carbons (Fsp3) is 0.536. The summed E-state index contributed by atoms with van der Waals surface area (Å²) in [5, 5.41) is 14.0. The Bertz CT molecular complexity index is 1260. The molecule has 2 atom stereocenters. The van der Waals surface area contributed by atoms with Crippen LogP contribution in [0.2, 0.25) is 0 Å². The maximum atomic E-state index is 13.3. The lowest BCUT2D eigenvalue weighted by Crippen LogP contribution is -2.59. The highest BCUT2D eigenvalue weighted by Gasteiger charge is 2.39. The van der Waals surface area contributed by atoms with Crippen LogP contribution >= 0.6 is 0 Å². The third kappa shape index (κ3) is 7.44. The molecule has 1 N–H and O–H groups in total. The summed E-state index contributed by atoms with van der Waals surface area (Å²) in [4.78, 5) is 26.6. The van der Waals surface area contributed by atoms with E-state index in [0.29, 0.717) is 44.5 Å². The van der Waals surface area contributed by atoms with Crippen LogP contribution in [0.15, 0.2) is 42.5 Å². The molecule has 1 aliphatic heterocycles. The van der Waals surface area contributed by atoms with Gasteiger partial charge in [0.1, 0.15) is 12.2 Å². The summed E-state index contributed by atoms with van der Waals surface area (Å²) in [6, 6.07) is 7.36. The van der Waals surface area contributed by atoms with Crippen molar-refractivity contribution in [3.05, 3.63) is 63.7 Å². The lowest BCUT2D eigenvalue weighted by Gasteiger charge is -2.45. The number of nitrogens with zero attached hydrogens (tertiary/aromatic N) is 3. The summed E-state index contributed by atoms with van der Waals surface area (Å²) in [7, 11) is 0. The second kappa shape index (κ2) is 12.4. The quantitative estimate of drug-likeness (QED) is 0.221. The van der Waals surface area contributed by atoms with E-state index in [1.54, 1.807) is 4.90 Å². The van der Waals surface area contributed by atoms with Crippen LogP contribution in [0.4, 0.5) is 43.4 Å². The number of alkyl halides is 6.